The molecule has 0 saturated carbocycles. The van der Waals surface area contributed by atoms with E-state index in [-0.39, 0.29) is 0 Å². The van der Waals surface area contributed by atoms with Crippen molar-refractivity contribution in [1.29, 1.82) is 0 Å². The highest BCUT2D eigenvalue weighted by molar-refractivity contribution is 7.80. The summed E-state index contributed by atoms with van der Waals surface area (Å²) >= 11 is 4.25. The van der Waals surface area contributed by atoms with E-state index in [9.17, 15) is 0 Å². The average Bonchev–Trinajstić information content (AvgIpc) is 2.85. The molecule has 0 fully saturated rings. The molecule has 0 bridgehead atoms. The Morgan fingerprint density at radius 2 is 1.65 bits per heavy atom. The lowest BCUT2D eigenvalue weighted by atomic mass is 10.0. The summed E-state index contributed by atoms with van der Waals surface area (Å²) < 4.78 is 0. The second-order valence-electron chi connectivity index (χ2n) is 4.84. The predicted octanol–water partition coefficient (Wildman–Crippen LogP) is 4.04. The van der Waals surface area contributed by atoms with Crippen LogP contribution in [0.2, 0.25) is 0 Å². The summed E-state index contributed by atoms with van der Waals surface area (Å²) in [6.45, 7) is 4.27. The molecule has 102 valence electrons. The van der Waals surface area contributed by atoms with Gasteiger partial charge in [0.2, 0.25) is 0 Å². The standard InChI is InChI=1S/C16H17N3S/c1-3-12-7-11(8-13(4-2)17-12)10-5-6-14-15(9-10)19-16(20)18-14/h5-9H,3-4H2,1-2H3,(H2,18,19,20). The molecule has 0 saturated heterocycles. The van der Waals surface area contributed by atoms with Crippen LogP contribution in [0, 0.1) is 0 Å². The van der Waals surface area contributed by atoms with Crippen LogP contribution in [0.4, 0.5) is 0 Å². The van der Waals surface area contributed by atoms with Gasteiger partial charge in [-0.3, -0.25) is 4.98 Å². The summed E-state index contributed by atoms with van der Waals surface area (Å²) in [6.07, 6.45) is 1.90. The van der Waals surface area contributed by atoms with E-state index in [0.29, 0.717) is 5.16 Å². The predicted molar refractivity (Wildman–Crippen MR) is 85.3 cm³/mol. The van der Waals surface area contributed by atoms with Gasteiger partial charge in [0, 0.05) is 11.4 Å². The summed E-state index contributed by atoms with van der Waals surface area (Å²) in [4.78, 5) is 12.1. The van der Waals surface area contributed by atoms with Gasteiger partial charge < -0.3 is 4.98 Å². The smallest absolute Gasteiger partial charge is 0.163 e. The van der Waals surface area contributed by atoms with E-state index in [1.54, 1.807) is 0 Å². The van der Waals surface area contributed by atoms with Gasteiger partial charge in [-0.1, -0.05) is 19.9 Å². The fourth-order valence-electron chi connectivity index (χ4n) is 2.35. The lowest BCUT2D eigenvalue weighted by Gasteiger charge is -2.07. The molecule has 2 aromatic heterocycles. The molecule has 0 aliphatic heterocycles. The monoisotopic (exact) mass is 283 g/mol. The molecular formula is C16H17N3S. The average molecular weight is 283 g/mol. The number of H-pyrrole nitrogens is 1. The van der Waals surface area contributed by atoms with Crippen LogP contribution in [-0.2, 0) is 12.8 Å². The van der Waals surface area contributed by atoms with Crippen LogP contribution >= 0.6 is 12.6 Å². The van der Waals surface area contributed by atoms with Crippen molar-refractivity contribution in [3.05, 3.63) is 41.7 Å². The van der Waals surface area contributed by atoms with Crippen LogP contribution in [0.15, 0.2) is 35.5 Å². The van der Waals surface area contributed by atoms with Gasteiger partial charge in [-0.2, -0.15) is 0 Å². The van der Waals surface area contributed by atoms with Crippen LogP contribution < -0.4 is 0 Å². The molecule has 4 heteroatoms. The number of benzene rings is 1. The fraction of sp³-hybridized carbons (Fsp3) is 0.250. The zero-order valence-electron chi connectivity index (χ0n) is 11.6. The maximum Gasteiger partial charge on any atom is 0.163 e. The van der Waals surface area contributed by atoms with E-state index in [1.165, 1.54) is 11.1 Å². The van der Waals surface area contributed by atoms with E-state index in [0.717, 1.165) is 35.3 Å². The first kappa shape index (κ1) is 13.2. The molecule has 20 heavy (non-hydrogen) atoms. The first-order valence-electron chi connectivity index (χ1n) is 6.88. The second-order valence-corrected chi connectivity index (χ2v) is 5.26. The molecule has 0 radical (unpaired) electrons. The number of nitrogens with zero attached hydrogens (tertiary/aromatic N) is 2. The number of nitrogens with one attached hydrogen (secondary N) is 1. The van der Waals surface area contributed by atoms with Crippen molar-refractivity contribution in [2.24, 2.45) is 0 Å². The van der Waals surface area contributed by atoms with Gasteiger partial charge in [-0.25, -0.2) is 4.98 Å². The van der Waals surface area contributed by atoms with Crippen LogP contribution in [0.1, 0.15) is 25.2 Å². The van der Waals surface area contributed by atoms with Crippen molar-refractivity contribution in [1.82, 2.24) is 15.0 Å². The van der Waals surface area contributed by atoms with E-state index < -0.39 is 0 Å². The van der Waals surface area contributed by atoms with Crippen molar-refractivity contribution in [2.75, 3.05) is 0 Å². The first-order valence-corrected chi connectivity index (χ1v) is 7.33. The Hall–Kier alpha value is -1.81. The van der Waals surface area contributed by atoms with E-state index in [1.807, 2.05) is 0 Å². The minimum atomic E-state index is 0.648. The first-order chi connectivity index (χ1) is 9.69. The second kappa shape index (κ2) is 5.29. The Morgan fingerprint density at radius 3 is 2.30 bits per heavy atom. The summed E-state index contributed by atoms with van der Waals surface area (Å²) in [5.74, 6) is 0. The third-order valence-corrected chi connectivity index (χ3v) is 3.67. The lowest BCUT2D eigenvalue weighted by molar-refractivity contribution is 0.956. The molecule has 0 aliphatic carbocycles. The number of fused-ring (bicyclic) bond motifs is 1. The maximum atomic E-state index is 4.63. The van der Waals surface area contributed by atoms with Crippen molar-refractivity contribution >= 4 is 23.7 Å². The largest absolute Gasteiger partial charge is 0.333 e. The van der Waals surface area contributed by atoms with Crippen molar-refractivity contribution in [3.63, 3.8) is 0 Å². The molecule has 0 unspecified atom stereocenters. The number of aromatic nitrogens is 3. The van der Waals surface area contributed by atoms with Gasteiger partial charge in [0.25, 0.3) is 0 Å². The Morgan fingerprint density at radius 1 is 0.950 bits per heavy atom. The van der Waals surface area contributed by atoms with Gasteiger partial charge in [0.1, 0.15) is 0 Å². The number of pyridine rings is 1. The summed E-state index contributed by atoms with van der Waals surface area (Å²) in [6, 6.07) is 10.6. The zero-order chi connectivity index (χ0) is 14.1. The number of thiol groups is 1. The lowest BCUT2D eigenvalue weighted by Crippen LogP contribution is -1.94. The normalized spacial score (nSPS) is 11.2. The van der Waals surface area contributed by atoms with E-state index in [2.05, 4.69) is 71.8 Å². The summed E-state index contributed by atoms with van der Waals surface area (Å²) in [5, 5.41) is 0.648. The van der Waals surface area contributed by atoms with Crippen LogP contribution in [0.25, 0.3) is 22.2 Å². The van der Waals surface area contributed by atoms with Crippen LogP contribution in [0.5, 0.6) is 0 Å². The molecule has 1 aromatic carbocycles. The number of rotatable bonds is 3. The molecule has 3 aromatic rings. The molecular weight excluding hydrogens is 266 g/mol. The minimum absolute atomic E-state index is 0.648. The quantitative estimate of drug-likeness (QED) is 0.712. The molecule has 0 atom stereocenters. The van der Waals surface area contributed by atoms with E-state index >= 15 is 0 Å². The molecule has 0 spiro atoms. The highest BCUT2D eigenvalue weighted by atomic mass is 32.1. The minimum Gasteiger partial charge on any atom is -0.333 e. The molecule has 0 aliphatic rings. The maximum absolute atomic E-state index is 4.63. The Labute approximate surface area is 123 Å². The number of imidazole rings is 1. The van der Waals surface area contributed by atoms with Crippen molar-refractivity contribution in [2.45, 2.75) is 31.8 Å². The number of aryl methyl sites for hydroxylation is 2. The van der Waals surface area contributed by atoms with E-state index in [4.69, 9.17) is 0 Å². The van der Waals surface area contributed by atoms with Gasteiger partial charge >= 0.3 is 0 Å². The Bertz CT molecular complexity index is 739. The highest BCUT2D eigenvalue weighted by Crippen LogP contribution is 2.25. The summed E-state index contributed by atoms with van der Waals surface area (Å²) in [5.41, 5.74) is 6.61. The molecule has 0 amide bonds. The van der Waals surface area contributed by atoms with Crippen molar-refractivity contribution in [3.8, 4) is 11.1 Å². The SMILES string of the molecule is CCc1cc(-c2ccc3[nH]c(S)nc3c2)cc(CC)n1. The van der Waals surface area contributed by atoms with Gasteiger partial charge in [0.15, 0.2) is 5.16 Å². The third kappa shape index (κ3) is 2.43. The topological polar surface area (TPSA) is 41.6 Å². The van der Waals surface area contributed by atoms with Gasteiger partial charge in [-0.15, -0.1) is 12.6 Å². The Kier molecular flexibility index (Phi) is 3.49. The Balaban J connectivity index is 2.13. The molecule has 3 rings (SSSR count). The van der Waals surface area contributed by atoms with Gasteiger partial charge in [-0.05, 0) is 48.2 Å². The highest BCUT2D eigenvalue weighted by Gasteiger charge is 2.06. The number of hydrogen-bond acceptors (Lipinski definition) is 3. The van der Waals surface area contributed by atoms with Crippen LogP contribution in [-0.4, -0.2) is 15.0 Å². The molecule has 2 heterocycles. The summed E-state index contributed by atoms with van der Waals surface area (Å²) in [7, 11) is 0. The fourth-order valence-corrected chi connectivity index (χ4v) is 2.58. The number of hydrogen-bond donors (Lipinski definition) is 2. The van der Waals surface area contributed by atoms with Crippen molar-refractivity contribution < 1.29 is 0 Å². The van der Waals surface area contributed by atoms with Crippen LogP contribution in [0.3, 0.4) is 0 Å². The number of aromatic amines is 1. The van der Waals surface area contributed by atoms with Gasteiger partial charge in [0.05, 0.1) is 11.0 Å². The zero-order valence-corrected chi connectivity index (χ0v) is 12.5. The molecule has 1 N–H and O–H groups in total. The molecule has 3 nitrogen and oxygen atoms in total. The third-order valence-electron chi connectivity index (χ3n) is 3.46.